The van der Waals surface area contributed by atoms with E-state index in [-0.39, 0.29) is 37.9 Å². The first-order valence-electron chi connectivity index (χ1n) is 10.7. The number of hydrogen-bond donors (Lipinski definition) is 2. The molecule has 2 aromatic rings. The molecule has 2 aromatic carbocycles. The van der Waals surface area contributed by atoms with E-state index in [2.05, 4.69) is 5.32 Å². The molecule has 0 fully saturated rings. The average Bonchev–Trinajstić information content (AvgIpc) is 2.86. The Bertz CT molecular complexity index is 970. The minimum atomic E-state index is -1.97. The zero-order valence-corrected chi connectivity index (χ0v) is 19.4. The zero-order chi connectivity index (χ0) is 25.6. The molecule has 0 aliphatic carbocycles. The quantitative estimate of drug-likeness (QED) is 0.132. The minimum absolute atomic E-state index is 0.0505. The molecule has 2 rings (SSSR count). The van der Waals surface area contributed by atoms with Gasteiger partial charge in [-0.3, -0.25) is 10.1 Å². The summed E-state index contributed by atoms with van der Waals surface area (Å²) in [6.45, 7) is 1.80. The fourth-order valence-electron chi connectivity index (χ4n) is 2.93. The maximum absolute atomic E-state index is 12.5. The molecule has 0 aliphatic rings. The third kappa shape index (κ3) is 8.85. The number of nitro groups is 1. The first-order valence-corrected chi connectivity index (χ1v) is 10.7. The van der Waals surface area contributed by atoms with Crippen molar-refractivity contribution in [3.63, 3.8) is 0 Å². The number of methoxy groups -OCH3 is 1. The second kappa shape index (κ2) is 14.5. The van der Waals surface area contributed by atoms with E-state index in [1.165, 1.54) is 26.2 Å². The number of aliphatic hydroxyl groups excluding tert-OH is 1. The topological polar surface area (TPSA) is 156 Å². The lowest BCUT2D eigenvalue weighted by molar-refractivity contribution is -0.385. The zero-order valence-electron chi connectivity index (χ0n) is 19.4. The van der Waals surface area contributed by atoms with Gasteiger partial charge >= 0.3 is 12.1 Å². The molecule has 0 bridgehead atoms. The van der Waals surface area contributed by atoms with Gasteiger partial charge in [-0.1, -0.05) is 30.3 Å². The van der Waals surface area contributed by atoms with Crippen LogP contribution in [0.4, 0.5) is 10.5 Å². The van der Waals surface area contributed by atoms with Gasteiger partial charge in [-0.2, -0.15) is 0 Å². The number of nitrogens with one attached hydrogen (secondary N) is 1. The first kappa shape index (κ1) is 27.5. The van der Waals surface area contributed by atoms with Crippen LogP contribution in [0.2, 0.25) is 0 Å². The van der Waals surface area contributed by atoms with Crippen LogP contribution >= 0.6 is 0 Å². The number of aliphatic hydroxyl groups is 1. The third-order valence-electron chi connectivity index (χ3n) is 4.60. The fourth-order valence-corrected chi connectivity index (χ4v) is 2.93. The van der Waals surface area contributed by atoms with Gasteiger partial charge in [0, 0.05) is 13.2 Å². The van der Waals surface area contributed by atoms with Gasteiger partial charge in [-0.15, -0.1) is 0 Å². The second-order valence-corrected chi connectivity index (χ2v) is 7.02. The van der Waals surface area contributed by atoms with Gasteiger partial charge in [0.15, 0.2) is 12.9 Å². The smallest absolute Gasteiger partial charge is 0.408 e. The van der Waals surface area contributed by atoms with Crippen LogP contribution in [0.25, 0.3) is 0 Å². The van der Waals surface area contributed by atoms with E-state index in [0.717, 1.165) is 6.07 Å². The summed E-state index contributed by atoms with van der Waals surface area (Å²) in [7, 11) is 1.51. The molecule has 0 spiro atoms. The first-order chi connectivity index (χ1) is 16.9. The Balaban J connectivity index is 2.28. The number of benzene rings is 2. The number of carbonyl (C=O) groups excluding carboxylic acids is 2. The lowest BCUT2D eigenvalue weighted by Crippen LogP contribution is -2.41. The van der Waals surface area contributed by atoms with Gasteiger partial charge < -0.3 is 34.1 Å². The fraction of sp³-hybridized carbons (Fsp3) is 0.391. The van der Waals surface area contributed by atoms with Crippen LogP contribution in [-0.4, -0.2) is 61.9 Å². The summed E-state index contributed by atoms with van der Waals surface area (Å²) < 4.78 is 25.5. The highest BCUT2D eigenvalue weighted by atomic mass is 16.7. The summed E-state index contributed by atoms with van der Waals surface area (Å²) in [6, 6.07) is 10.9. The van der Waals surface area contributed by atoms with Gasteiger partial charge in [-0.25, -0.2) is 9.59 Å². The van der Waals surface area contributed by atoms with E-state index in [0.29, 0.717) is 12.2 Å². The molecule has 0 heterocycles. The van der Waals surface area contributed by atoms with Crippen molar-refractivity contribution < 1.29 is 43.3 Å². The lowest BCUT2D eigenvalue weighted by Gasteiger charge is -2.23. The van der Waals surface area contributed by atoms with Crippen LogP contribution in [0.3, 0.4) is 0 Å². The Hall–Kier alpha value is -3.74. The Morgan fingerprint density at radius 2 is 1.86 bits per heavy atom. The highest BCUT2D eigenvalue weighted by Gasteiger charge is 2.35. The molecule has 0 aromatic heterocycles. The van der Waals surface area contributed by atoms with E-state index < -0.39 is 34.8 Å². The van der Waals surface area contributed by atoms with Crippen molar-refractivity contribution in [1.82, 2.24) is 5.32 Å². The Kier molecular flexibility index (Phi) is 11.4. The molecule has 0 radical (unpaired) electrons. The normalized spacial score (nSPS) is 12.3. The summed E-state index contributed by atoms with van der Waals surface area (Å²) >= 11 is 0. The van der Waals surface area contributed by atoms with E-state index in [9.17, 15) is 24.8 Å². The number of hydrogen-bond acceptors (Lipinski definition) is 10. The van der Waals surface area contributed by atoms with Crippen LogP contribution in [-0.2, 0) is 30.3 Å². The number of alkyl carbamates (subject to hydrolysis) is 1. The molecule has 190 valence electrons. The van der Waals surface area contributed by atoms with E-state index >= 15 is 0 Å². The van der Waals surface area contributed by atoms with Crippen molar-refractivity contribution in [3.8, 4) is 5.75 Å². The van der Waals surface area contributed by atoms with Crippen LogP contribution in [0.15, 0.2) is 48.5 Å². The van der Waals surface area contributed by atoms with Crippen molar-refractivity contribution >= 4 is 17.7 Å². The summed E-state index contributed by atoms with van der Waals surface area (Å²) in [4.78, 5) is 35.7. The Morgan fingerprint density at radius 1 is 1.11 bits per heavy atom. The molecule has 12 nitrogen and oxygen atoms in total. The number of esters is 1. The van der Waals surface area contributed by atoms with E-state index in [4.69, 9.17) is 23.7 Å². The number of nitro benzene ring substituents is 1. The molecular formula is C23H28N2O10. The minimum Gasteiger partial charge on any atom is -0.468 e. The molecule has 35 heavy (non-hydrogen) atoms. The van der Waals surface area contributed by atoms with Crippen LogP contribution in [0.5, 0.6) is 5.75 Å². The molecule has 1 amide bonds. The molecule has 0 aliphatic heterocycles. The van der Waals surface area contributed by atoms with Crippen LogP contribution < -0.4 is 10.1 Å². The highest BCUT2D eigenvalue weighted by molar-refractivity contribution is 5.78. The lowest BCUT2D eigenvalue weighted by atomic mass is 9.99. The number of nitrogens with zero attached hydrogens (tertiary/aromatic N) is 1. The highest BCUT2D eigenvalue weighted by Crippen LogP contribution is 2.32. The number of amides is 1. The van der Waals surface area contributed by atoms with Crippen molar-refractivity contribution in [2.45, 2.75) is 25.7 Å². The van der Waals surface area contributed by atoms with Gasteiger partial charge in [0.1, 0.15) is 18.4 Å². The standard InChI is InChI=1S/C23H28N2O10/c1-3-33-22(27)21(26)20(24-23(28)34-14-16-7-5-4-6-8-16)18-13-17(9-10-19(18)25(29)30)35-15-32-12-11-31-2/h4-10,13,20-21,26H,3,11-12,14-15H2,1-2H3,(H,24,28)/t20-,21+/m0/s1. The molecule has 12 heteroatoms. The number of carbonyl (C=O) groups is 2. The maximum atomic E-state index is 12.5. The third-order valence-corrected chi connectivity index (χ3v) is 4.60. The van der Waals surface area contributed by atoms with Gasteiger partial charge in [-0.05, 0) is 24.6 Å². The predicted molar refractivity (Wildman–Crippen MR) is 122 cm³/mol. The van der Waals surface area contributed by atoms with E-state index in [1.807, 2.05) is 0 Å². The monoisotopic (exact) mass is 492 g/mol. The van der Waals surface area contributed by atoms with Crippen molar-refractivity contribution in [1.29, 1.82) is 0 Å². The average molecular weight is 492 g/mol. The second-order valence-electron chi connectivity index (χ2n) is 7.02. The molecule has 0 saturated carbocycles. The van der Waals surface area contributed by atoms with Crippen molar-refractivity contribution in [3.05, 3.63) is 69.8 Å². The summed E-state index contributed by atoms with van der Waals surface area (Å²) in [5.74, 6) is -0.937. The molecular weight excluding hydrogens is 464 g/mol. The summed E-state index contributed by atoms with van der Waals surface area (Å²) in [5.41, 5.74) is 0.0379. The molecule has 0 unspecified atom stereocenters. The Morgan fingerprint density at radius 3 is 2.51 bits per heavy atom. The number of ether oxygens (including phenoxy) is 5. The van der Waals surface area contributed by atoms with Gasteiger partial charge in [0.05, 0.1) is 30.3 Å². The molecule has 2 atom stereocenters. The van der Waals surface area contributed by atoms with Crippen LogP contribution in [0, 0.1) is 10.1 Å². The van der Waals surface area contributed by atoms with Crippen molar-refractivity contribution in [2.75, 3.05) is 33.7 Å². The predicted octanol–water partition coefficient (Wildman–Crippen LogP) is 2.49. The Labute approximate surface area is 201 Å². The summed E-state index contributed by atoms with van der Waals surface area (Å²) in [6.07, 6.45) is -2.98. The van der Waals surface area contributed by atoms with Crippen LogP contribution in [0.1, 0.15) is 24.1 Å². The molecule has 2 N–H and O–H groups in total. The van der Waals surface area contributed by atoms with E-state index in [1.54, 1.807) is 30.3 Å². The molecule has 0 saturated heterocycles. The maximum Gasteiger partial charge on any atom is 0.408 e. The van der Waals surface area contributed by atoms with Crippen molar-refractivity contribution in [2.24, 2.45) is 0 Å². The van der Waals surface area contributed by atoms with Gasteiger partial charge in [0.25, 0.3) is 5.69 Å². The van der Waals surface area contributed by atoms with Gasteiger partial charge in [0.2, 0.25) is 0 Å². The SMILES string of the molecule is CCOC(=O)[C@H](O)[C@@H](NC(=O)OCc1ccccc1)c1cc(OCOCCOC)ccc1[N+](=O)[O-]. The largest absolute Gasteiger partial charge is 0.468 e. The summed E-state index contributed by atoms with van der Waals surface area (Å²) in [5, 5.41) is 24.6. The number of rotatable bonds is 14.